The fraction of sp³-hybridized carbons (Fsp3) is 0.231. The minimum Gasteiger partial charge on any atom is -0.327 e. The van der Waals surface area contributed by atoms with Gasteiger partial charge in [0.25, 0.3) is 0 Å². The molecular formula is C13H17N. The van der Waals surface area contributed by atoms with Gasteiger partial charge < -0.3 is 5.73 Å². The number of aryl methyl sites for hydroxylation is 1. The summed E-state index contributed by atoms with van der Waals surface area (Å²) in [6, 6.07) is 10.5. The van der Waals surface area contributed by atoms with E-state index >= 15 is 0 Å². The van der Waals surface area contributed by atoms with Crippen LogP contribution >= 0.6 is 0 Å². The standard InChI is InChI=1S/C13H17N/c14-12-8-3-1-2-5-9-13-10-6-4-7-11-13/h1-4,6-8,10-11H,5,9,12,14H2. The molecule has 1 rings (SSSR count). The molecule has 1 nitrogen and oxygen atoms in total. The average molecular weight is 187 g/mol. The van der Waals surface area contributed by atoms with Crippen molar-refractivity contribution in [2.45, 2.75) is 12.8 Å². The highest BCUT2D eigenvalue weighted by atomic mass is 14.5. The largest absolute Gasteiger partial charge is 0.327 e. The van der Waals surface area contributed by atoms with Crippen LogP contribution in [0.4, 0.5) is 0 Å². The van der Waals surface area contributed by atoms with Gasteiger partial charge in [0.2, 0.25) is 0 Å². The van der Waals surface area contributed by atoms with Gasteiger partial charge in [-0.05, 0) is 18.4 Å². The van der Waals surface area contributed by atoms with E-state index in [1.807, 2.05) is 18.2 Å². The summed E-state index contributed by atoms with van der Waals surface area (Å²) < 4.78 is 0. The molecule has 0 aliphatic rings. The minimum absolute atomic E-state index is 0.614. The second kappa shape index (κ2) is 7.10. The van der Waals surface area contributed by atoms with Crippen molar-refractivity contribution in [3.63, 3.8) is 0 Å². The Morgan fingerprint density at radius 1 is 1.00 bits per heavy atom. The molecule has 14 heavy (non-hydrogen) atoms. The van der Waals surface area contributed by atoms with Crippen molar-refractivity contribution >= 4 is 0 Å². The Hall–Kier alpha value is -1.34. The third kappa shape index (κ3) is 4.63. The summed E-state index contributed by atoms with van der Waals surface area (Å²) in [6.45, 7) is 0.614. The predicted octanol–water partition coefficient (Wildman–Crippen LogP) is 2.69. The number of hydrogen-bond donors (Lipinski definition) is 1. The van der Waals surface area contributed by atoms with Crippen molar-refractivity contribution in [2.75, 3.05) is 6.54 Å². The first-order valence-corrected chi connectivity index (χ1v) is 4.99. The first-order valence-electron chi connectivity index (χ1n) is 4.99. The predicted molar refractivity (Wildman–Crippen MR) is 62.1 cm³/mol. The lowest BCUT2D eigenvalue weighted by Gasteiger charge is -1.95. The van der Waals surface area contributed by atoms with E-state index in [-0.39, 0.29) is 0 Å². The average Bonchev–Trinajstić information content (AvgIpc) is 2.25. The molecule has 0 aliphatic carbocycles. The molecule has 1 aromatic rings. The molecule has 1 heteroatoms. The number of benzene rings is 1. The summed E-state index contributed by atoms with van der Waals surface area (Å²) in [4.78, 5) is 0. The SMILES string of the molecule is NCC=CC=CCCc1ccccc1. The first kappa shape index (κ1) is 10.7. The molecule has 0 aliphatic heterocycles. The fourth-order valence-corrected chi connectivity index (χ4v) is 1.23. The van der Waals surface area contributed by atoms with Crippen LogP contribution in [0.3, 0.4) is 0 Å². The van der Waals surface area contributed by atoms with E-state index in [1.165, 1.54) is 5.56 Å². The van der Waals surface area contributed by atoms with E-state index in [0.29, 0.717) is 6.54 Å². The zero-order valence-corrected chi connectivity index (χ0v) is 8.39. The molecular weight excluding hydrogens is 170 g/mol. The molecule has 0 unspecified atom stereocenters. The van der Waals surface area contributed by atoms with Crippen LogP contribution in [0.15, 0.2) is 54.6 Å². The zero-order chi connectivity index (χ0) is 10.1. The molecule has 0 bridgehead atoms. The van der Waals surface area contributed by atoms with Gasteiger partial charge in [-0.3, -0.25) is 0 Å². The van der Waals surface area contributed by atoms with E-state index in [1.54, 1.807) is 0 Å². The lowest BCUT2D eigenvalue weighted by molar-refractivity contribution is 1.00. The topological polar surface area (TPSA) is 26.0 Å². The molecule has 0 spiro atoms. The number of nitrogens with two attached hydrogens (primary N) is 1. The second-order valence-corrected chi connectivity index (χ2v) is 3.12. The van der Waals surface area contributed by atoms with Gasteiger partial charge in [0.15, 0.2) is 0 Å². The first-order chi connectivity index (χ1) is 6.93. The summed E-state index contributed by atoms with van der Waals surface area (Å²) in [7, 11) is 0. The van der Waals surface area contributed by atoms with Crippen molar-refractivity contribution in [1.82, 2.24) is 0 Å². The van der Waals surface area contributed by atoms with Crippen molar-refractivity contribution in [1.29, 1.82) is 0 Å². The Kier molecular flexibility index (Phi) is 5.45. The van der Waals surface area contributed by atoms with Gasteiger partial charge in [-0.2, -0.15) is 0 Å². The summed E-state index contributed by atoms with van der Waals surface area (Å²) in [5, 5.41) is 0. The van der Waals surface area contributed by atoms with Crippen LogP contribution in [-0.2, 0) is 6.42 Å². The van der Waals surface area contributed by atoms with E-state index in [0.717, 1.165) is 12.8 Å². The molecule has 74 valence electrons. The quantitative estimate of drug-likeness (QED) is 0.705. The van der Waals surface area contributed by atoms with E-state index < -0.39 is 0 Å². The zero-order valence-electron chi connectivity index (χ0n) is 8.39. The van der Waals surface area contributed by atoms with Crippen LogP contribution in [0.1, 0.15) is 12.0 Å². The summed E-state index contributed by atoms with van der Waals surface area (Å²) >= 11 is 0. The van der Waals surface area contributed by atoms with Gasteiger partial charge in [0, 0.05) is 6.54 Å². The third-order valence-electron chi connectivity index (χ3n) is 1.96. The van der Waals surface area contributed by atoms with Crippen LogP contribution in [0.2, 0.25) is 0 Å². The number of allylic oxidation sites excluding steroid dienone is 3. The molecule has 0 saturated carbocycles. The molecule has 2 N–H and O–H groups in total. The van der Waals surface area contributed by atoms with Crippen LogP contribution in [0.5, 0.6) is 0 Å². The van der Waals surface area contributed by atoms with Gasteiger partial charge in [0.05, 0.1) is 0 Å². The maximum atomic E-state index is 5.31. The van der Waals surface area contributed by atoms with Gasteiger partial charge >= 0.3 is 0 Å². The van der Waals surface area contributed by atoms with Crippen LogP contribution < -0.4 is 5.73 Å². The molecule has 0 aromatic heterocycles. The van der Waals surface area contributed by atoms with E-state index in [4.69, 9.17) is 5.73 Å². The molecule has 0 fully saturated rings. The smallest absolute Gasteiger partial charge is 0.0109 e. The highest BCUT2D eigenvalue weighted by Gasteiger charge is 1.86. The molecule has 0 saturated heterocycles. The monoisotopic (exact) mass is 187 g/mol. The highest BCUT2D eigenvalue weighted by Crippen LogP contribution is 2.02. The van der Waals surface area contributed by atoms with E-state index in [2.05, 4.69) is 36.4 Å². The maximum Gasteiger partial charge on any atom is 0.0109 e. The van der Waals surface area contributed by atoms with Gasteiger partial charge in [-0.15, -0.1) is 0 Å². The molecule has 0 radical (unpaired) electrons. The second-order valence-electron chi connectivity index (χ2n) is 3.12. The number of hydrogen-bond acceptors (Lipinski definition) is 1. The van der Waals surface area contributed by atoms with Crippen molar-refractivity contribution in [3.8, 4) is 0 Å². The van der Waals surface area contributed by atoms with Crippen LogP contribution in [0, 0.1) is 0 Å². The Morgan fingerprint density at radius 3 is 2.43 bits per heavy atom. The van der Waals surface area contributed by atoms with Gasteiger partial charge in [0.1, 0.15) is 0 Å². The third-order valence-corrected chi connectivity index (χ3v) is 1.96. The van der Waals surface area contributed by atoms with Crippen molar-refractivity contribution < 1.29 is 0 Å². The van der Waals surface area contributed by atoms with E-state index in [9.17, 15) is 0 Å². The Bertz CT molecular complexity index is 285. The maximum absolute atomic E-state index is 5.31. The summed E-state index contributed by atoms with van der Waals surface area (Å²) in [6.07, 6.45) is 10.3. The molecule has 0 heterocycles. The Balaban J connectivity index is 2.22. The van der Waals surface area contributed by atoms with Crippen LogP contribution in [-0.4, -0.2) is 6.54 Å². The summed E-state index contributed by atoms with van der Waals surface area (Å²) in [5.41, 5.74) is 6.70. The fourth-order valence-electron chi connectivity index (χ4n) is 1.23. The van der Waals surface area contributed by atoms with Gasteiger partial charge in [-0.1, -0.05) is 54.6 Å². The molecule has 1 aromatic carbocycles. The minimum atomic E-state index is 0.614. The Labute approximate surface area is 85.9 Å². The Morgan fingerprint density at radius 2 is 1.71 bits per heavy atom. The summed E-state index contributed by atoms with van der Waals surface area (Å²) in [5.74, 6) is 0. The number of rotatable bonds is 5. The normalized spacial score (nSPS) is 11.5. The highest BCUT2D eigenvalue weighted by molar-refractivity contribution is 5.15. The van der Waals surface area contributed by atoms with Crippen LogP contribution in [0.25, 0.3) is 0 Å². The van der Waals surface area contributed by atoms with Gasteiger partial charge in [-0.25, -0.2) is 0 Å². The lowest BCUT2D eigenvalue weighted by Crippen LogP contribution is -1.91. The lowest BCUT2D eigenvalue weighted by atomic mass is 10.1. The molecule has 0 amide bonds. The molecule has 0 atom stereocenters. The van der Waals surface area contributed by atoms with Crippen molar-refractivity contribution in [3.05, 3.63) is 60.2 Å². The van der Waals surface area contributed by atoms with Crippen molar-refractivity contribution in [2.24, 2.45) is 5.73 Å².